The van der Waals surface area contributed by atoms with Crippen LogP contribution in [0.4, 0.5) is 0 Å². The molecule has 0 radical (unpaired) electrons. The van der Waals surface area contributed by atoms with Crippen molar-refractivity contribution in [2.45, 2.75) is 235 Å². The highest BCUT2D eigenvalue weighted by atomic mass is 32.2. The largest absolute Gasteiger partial charge is 0.508 e. The molecule has 2 aliphatic rings. The van der Waals surface area contributed by atoms with Crippen molar-refractivity contribution in [1.29, 1.82) is 0 Å². The number of fused-ring (bicyclic) bond motifs is 6. The number of carbonyl (C=O) groups excluding carboxylic acids is 19. The monoisotopic (exact) mass is 2070 g/mol. The average molecular weight is 2070 g/mol. The van der Waals surface area contributed by atoms with Gasteiger partial charge in [-0.2, -0.15) is 47.9 Å². The van der Waals surface area contributed by atoms with Crippen LogP contribution in [0.5, 0.6) is 5.75 Å². The number of carboxylic acid groups (broad SMARTS) is 3. The van der Waals surface area contributed by atoms with Crippen LogP contribution in [-0.4, -0.2) is 271 Å². The highest BCUT2D eigenvalue weighted by Crippen LogP contribution is 2.31. The molecule has 0 aromatic heterocycles. The number of hydrogen-bond acceptors (Lipinski definition) is 27. The lowest BCUT2D eigenvalue weighted by atomic mass is 9.81. The average Bonchev–Trinajstić information content (AvgIpc) is 0.809. The maximum Gasteiger partial charge on any atom is 0.305 e. The van der Waals surface area contributed by atoms with E-state index in [9.17, 15) is 102 Å². The quantitative estimate of drug-likeness (QED) is 0.0296. The summed E-state index contributed by atoms with van der Waals surface area (Å²) in [6, 6.07) is 9.42. The highest BCUT2D eigenvalue weighted by molar-refractivity contribution is 7.99. The minimum Gasteiger partial charge on any atom is -0.508 e. The number of Topliss-reactive ketones (excluding diaryl/α,β-unsaturated/α-hetero) is 3. The molecule has 780 valence electrons. The number of nitrogens with two attached hydrogens (primary N) is 2. The Balaban J connectivity index is 1.38. The van der Waals surface area contributed by atoms with Gasteiger partial charge in [-0.15, -0.1) is 0 Å². The Bertz CT molecular complexity index is 5490. The van der Waals surface area contributed by atoms with Crippen LogP contribution in [0.1, 0.15) is 159 Å². The van der Waals surface area contributed by atoms with Gasteiger partial charge < -0.3 is 106 Å². The Hall–Kier alpha value is -13.5. The Morgan fingerprint density at radius 1 is 0.486 bits per heavy atom. The van der Waals surface area contributed by atoms with E-state index in [-0.39, 0.29) is 78.2 Å². The number of nitrogens with one attached hydrogen (secondary N) is 13. The Labute approximate surface area is 850 Å². The number of aromatic hydroxyl groups is 1. The second-order valence-corrected chi connectivity index (χ2v) is 40.1. The molecule has 15 atom stereocenters. The normalized spacial score (nSPS) is 23.0. The number of amides is 16. The van der Waals surface area contributed by atoms with Gasteiger partial charge in [0.05, 0.1) is 55.8 Å². The van der Waals surface area contributed by atoms with Crippen LogP contribution in [0.25, 0.3) is 10.8 Å². The van der Waals surface area contributed by atoms with Gasteiger partial charge in [0.1, 0.15) is 60.1 Å². The molecule has 42 nitrogen and oxygen atoms in total. The van der Waals surface area contributed by atoms with E-state index in [2.05, 4.69) is 81.7 Å². The number of nitrogens with zero attached hydrogens (tertiary/aromatic N) is 1. The summed E-state index contributed by atoms with van der Waals surface area (Å²) in [5.41, 5.74) is 13.1. The van der Waals surface area contributed by atoms with E-state index in [1.54, 1.807) is 112 Å². The topological polar surface area (TPSA) is 668 Å². The lowest BCUT2D eigenvalue weighted by Gasteiger charge is -2.32. The predicted molar refractivity (Wildman–Crippen MR) is 537 cm³/mol. The number of thiol groups is 1. The molecular weight excluding hydrogens is 1950 g/mol. The maximum atomic E-state index is 15.3. The van der Waals surface area contributed by atoms with Gasteiger partial charge in [0.25, 0.3) is 0 Å². The van der Waals surface area contributed by atoms with Crippen LogP contribution < -0.4 is 80.6 Å². The molecular formula is C98H128N16O26S4. The van der Waals surface area contributed by atoms with Gasteiger partial charge in [-0.05, 0) is 114 Å². The van der Waals surface area contributed by atoms with Crippen LogP contribution in [0.15, 0.2) is 115 Å². The number of primary amides is 2. The molecule has 4 bridgehead atoms. The van der Waals surface area contributed by atoms with Crippen molar-refractivity contribution in [2.75, 3.05) is 43.1 Å². The van der Waals surface area contributed by atoms with Gasteiger partial charge >= 0.3 is 17.9 Å². The van der Waals surface area contributed by atoms with E-state index in [1.807, 2.05) is 0 Å². The first-order valence-electron chi connectivity index (χ1n) is 46.8. The van der Waals surface area contributed by atoms with Crippen molar-refractivity contribution < 1.29 is 126 Å². The minimum atomic E-state index is -2.09. The summed E-state index contributed by atoms with van der Waals surface area (Å²) in [5, 5.41) is 75.0. The molecule has 0 fully saturated rings. The zero-order valence-electron chi connectivity index (χ0n) is 81.1. The third-order valence-electron chi connectivity index (χ3n) is 23.6. The second kappa shape index (κ2) is 57.7. The van der Waals surface area contributed by atoms with E-state index in [0.717, 1.165) is 40.2 Å². The molecule has 1 unspecified atom stereocenters. The number of phenols is 1. The molecule has 0 spiro atoms. The third-order valence-corrected chi connectivity index (χ3v) is 27.3. The molecule has 2 aliphatic heterocycles. The predicted octanol–water partition coefficient (Wildman–Crippen LogP) is 0.909. The van der Waals surface area contributed by atoms with E-state index < -0.39 is 296 Å². The summed E-state index contributed by atoms with van der Waals surface area (Å²) in [4.78, 5) is 313. The maximum absolute atomic E-state index is 15.3. The summed E-state index contributed by atoms with van der Waals surface area (Å²) < 4.78 is 0. The highest BCUT2D eigenvalue weighted by Gasteiger charge is 2.42. The Kier molecular flexibility index (Phi) is 47.1. The number of thioether (sulfide) groups is 3. The van der Waals surface area contributed by atoms with Gasteiger partial charge in [-0.1, -0.05) is 131 Å². The molecule has 7 rings (SSSR count). The standard InChI is InChI=1S/C98H128N16O26S4/c1-9-67-91(134)110-72(43-83(125)126)95(138)109-69(36-55-17-11-10-12-18-55)92(135)108-70(37-56-24-26-65(115)27-25-56)93(136)111-73(44-84(127)128)96(139)113-85(98(5,6)7)77(118)40-63(86(100)129)49-142-46-57-33-58-35-59(34-57)48-144-51-74(97(140)105-67)112-88(131)54(4)103-89(132)62(38-61-21-15-20-60-19-13-14-22-66(60)61)39-76(117)68(28-29-82(123)124)106-94(137)71(42-78(99)119)107-87(130)53(3)104-90(133)64(50-143-47-58)41-75(116)52(2)102-80(121)45-114(8)81(122)30-31-101-79(120)23-16-32-141/h10-15,17-22,24-27,33-35,52-54,62-64,67-74,85,115,141H,9,16,23,28-32,36-51H2,1-8H3,(H2,99,119)(H2,100,129)(H,101,120)(H,102,121)(H,103,132)(H,104,133)(H,105,140)(H,106,137)(H,107,130)(H,108,135)(H,109,138)(H,110,134)(H,111,136)(H,112,131)(H,113,139)(H,123,124)(H,125,126)(H,127,128)/t52-,53+,54+,62+,63?,64-,67-,68-,69-,70-,71-,72-,73-,74-,85+/m0/s1. The number of ketones is 3. The van der Waals surface area contributed by atoms with Gasteiger partial charge in [0, 0.05) is 105 Å². The van der Waals surface area contributed by atoms with E-state index >= 15 is 24.0 Å². The molecule has 16 amide bonds. The molecule has 21 N–H and O–H groups in total. The lowest BCUT2D eigenvalue weighted by molar-refractivity contribution is -0.142. The van der Waals surface area contributed by atoms with Crippen molar-refractivity contribution in [3.8, 4) is 5.75 Å². The Morgan fingerprint density at radius 2 is 0.972 bits per heavy atom. The summed E-state index contributed by atoms with van der Waals surface area (Å²) in [6.45, 7) is 9.24. The number of rotatable bonds is 29. The number of aliphatic carboxylic acids is 3. The second-order valence-electron chi connectivity index (χ2n) is 36.5. The number of hydrogen-bond donors (Lipinski definition) is 20. The fourth-order valence-corrected chi connectivity index (χ4v) is 18.9. The molecule has 0 aliphatic carbocycles. The summed E-state index contributed by atoms with van der Waals surface area (Å²) in [6.07, 6.45) is -7.75. The van der Waals surface area contributed by atoms with Crippen molar-refractivity contribution in [1.82, 2.24) is 74.0 Å². The summed E-state index contributed by atoms with van der Waals surface area (Å²) in [7, 11) is 1.33. The number of benzene rings is 5. The Morgan fingerprint density at radius 3 is 1.52 bits per heavy atom. The van der Waals surface area contributed by atoms with Crippen LogP contribution in [0.3, 0.4) is 0 Å². The van der Waals surface area contributed by atoms with Gasteiger partial charge in [0.15, 0.2) is 17.3 Å². The number of likely N-dealkylation sites (N-methyl/N-ethyl adjacent to an activating group) is 1. The smallest absolute Gasteiger partial charge is 0.305 e. The zero-order valence-corrected chi connectivity index (χ0v) is 84.5. The van der Waals surface area contributed by atoms with Crippen LogP contribution in [-0.2, 0) is 142 Å². The van der Waals surface area contributed by atoms with Crippen molar-refractivity contribution in [3.05, 3.63) is 149 Å². The molecule has 2 heterocycles. The van der Waals surface area contributed by atoms with Crippen molar-refractivity contribution in [2.24, 2.45) is 34.6 Å². The first-order valence-corrected chi connectivity index (χ1v) is 50.9. The fraction of sp³-hybridized carbons (Fsp3) is 0.490. The van der Waals surface area contributed by atoms with Crippen LogP contribution in [0.2, 0.25) is 0 Å². The third kappa shape index (κ3) is 39.3. The zero-order chi connectivity index (χ0) is 106. The summed E-state index contributed by atoms with van der Waals surface area (Å²) in [5.74, 6) is -28.4. The van der Waals surface area contributed by atoms with Gasteiger partial charge in [-0.3, -0.25) is 105 Å². The van der Waals surface area contributed by atoms with Crippen molar-refractivity contribution >= 4 is 188 Å². The van der Waals surface area contributed by atoms with Gasteiger partial charge in [-0.25, -0.2) is 0 Å². The van der Waals surface area contributed by atoms with Crippen molar-refractivity contribution in [3.63, 3.8) is 0 Å². The first kappa shape index (κ1) is 117. The first-order chi connectivity index (χ1) is 68.1. The van der Waals surface area contributed by atoms with Gasteiger partial charge in [0.2, 0.25) is 94.5 Å². The number of carboxylic acids is 3. The number of carbonyl (C=O) groups is 22. The summed E-state index contributed by atoms with van der Waals surface area (Å²) >= 11 is 7.34. The van der Waals surface area contributed by atoms with Crippen LogP contribution >= 0.6 is 47.9 Å². The molecule has 144 heavy (non-hydrogen) atoms. The molecule has 0 saturated carbocycles. The molecule has 5 aromatic carbocycles. The fourth-order valence-electron chi connectivity index (χ4n) is 15.6. The van der Waals surface area contributed by atoms with E-state index in [0.29, 0.717) is 50.8 Å². The van der Waals surface area contributed by atoms with E-state index in [1.165, 1.54) is 59.0 Å². The number of phenolic OH excluding ortho intramolecular Hbond substituents is 1. The van der Waals surface area contributed by atoms with E-state index in [4.69, 9.17) is 11.5 Å². The lowest BCUT2D eigenvalue weighted by Crippen LogP contribution is -2.61. The molecule has 0 saturated heterocycles. The molecule has 46 heteroatoms. The minimum absolute atomic E-state index is 0.0159. The molecule has 5 aromatic rings. The SMILES string of the molecule is CC[C@@H]1NC(=O)[C@@H]2CSCc3cc(cc(c3)CSC[C@H](CC(=O)[C@H](C)NC(=O)CN(C)C(=O)CCNC(=O)CCCS)C(=O)N[C@H](C)C(=O)N[C@@H](CC(N)=O)C(=O)N[C@@H](CCC(=O)O)C(=O)C[C@@H](Cc3cccc4ccccc34)C(=O)N[C@H](C)C(=O)N2)CSCC(C(N)=O)CC(=O)[C@H](C(C)(C)C)NC(=O)[C@H](CC(=O)O)NC(=O)[C@H](Cc2ccc(O)cc2)NC(=O)[C@H](Cc2ccccc2)NC(=O)[C@H](CC(=O)O)NC1=O. The van der Waals surface area contributed by atoms with Crippen LogP contribution in [0, 0.1) is 23.2 Å².